The van der Waals surface area contributed by atoms with Gasteiger partial charge in [-0.3, -0.25) is 21.3 Å². The molecule has 0 aromatic carbocycles. The van der Waals surface area contributed by atoms with E-state index in [0.717, 1.165) is 11.3 Å². The summed E-state index contributed by atoms with van der Waals surface area (Å²) in [6.07, 6.45) is 0. The Hall–Kier alpha value is -3.76. The Labute approximate surface area is 128 Å². The minimum atomic E-state index is -0.648. The number of aromatic nitrogens is 10. The van der Waals surface area contributed by atoms with E-state index in [2.05, 4.69) is 72.7 Å². The highest BCUT2D eigenvalue weighted by Crippen LogP contribution is 2.19. The summed E-state index contributed by atoms with van der Waals surface area (Å²) in [7, 11) is 0. The summed E-state index contributed by atoms with van der Waals surface area (Å²) in [4.78, 5) is 23.2. The first-order valence-corrected chi connectivity index (χ1v) is 6.47. The molecule has 0 unspecified atom stereocenters. The summed E-state index contributed by atoms with van der Waals surface area (Å²) in [6.45, 7) is 0. The van der Waals surface area contributed by atoms with E-state index < -0.39 is 12.1 Å². The molecular weight excluding hydrogens is 332 g/mol. The lowest BCUT2D eigenvalue weighted by Gasteiger charge is -1.99. The molecular formula is C6H6N14O2S. The molecule has 3 aromatic heterocycles. The fraction of sp³-hybridized carbons (Fsp3) is 0. The molecule has 0 atom stereocenters. The van der Waals surface area contributed by atoms with Crippen LogP contribution in [0.15, 0.2) is 0 Å². The number of carbonyl (C=O) groups excluding carboxylic acids is 2. The van der Waals surface area contributed by atoms with E-state index in [1.807, 2.05) is 0 Å². The number of amides is 4. The van der Waals surface area contributed by atoms with Crippen molar-refractivity contribution in [1.82, 2.24) is 51.4 Å². The molecule has 16 nitrogen and oxygen atoms in total. The van der Waals surface area contributed by atoms with E-state index in [0.29, 0.717) is 0 Å². The number of urea groups is 2. The highest BCUT2D eigenvalue weighted by molar-refractivity contribution is 7.19. The summed E-state index contributed by atoms with van der Waals surface area (Å²) in [5.74, 6) is -0.0188. The first kappa shape index (κ1) is 14.2. The molecule has 0 aliphatic heterocycles. The van der Waals surface area contributed by atoms with Crippen LogP contribution in [0.4, 0.5) is 31.7 Å². The number of H-pyrrole nitrogens is 2. The van der Waals surface area contributed by atoms with Gasteiger partial charge < -0.3 is 0 Å². The van der Waals surface area contributed by atoms with Crippen LogP contribution in [0.5, 0.6) is 0 Å². The number of hydrogen-bond donors (Lipinski definition) is 6. The summed E-state index contributed by atoms with van der Waals surface area (Å²) in [5, 5.41) is 42.0. The van der Waals surface area contributed by atoms with Gasteiger partial charge in [-0.15, -0.1) is 20.4 Å². The molecule has 6 N–H and O–H groups in total. The molecule has 0 saturated heterocycles. The maximum absolute atomic E-state index is 11.6. The third-order valence-electron chi connectivity index (χ3n) is 2.01. The van der Waals surface area contributed by atoms with Crippen LogP contribution >= 0.6 is 11.3 Å². The van der Waals surface area contributed by atoms with Crippen LogP contribution in [-0.2, 0) is 0 Å². The Kier molecular flexibility index (Phi) is 3.91. The van der Waals surface area contributed by atoms with E-state index in [-0.39, 0.29) is 22.2 Å². The molecule has 0 bridgehead atoms. The number of nitrogens with zero attached hydrogens (tertiary/aromatic N) is 8. The van der Waals surface area contributed by atoms with E-state index in [1.165, 1.54) is 0 Å². The van der Waals surface area contributed by atoms with Crippen molar-refractivity contribution in [1.29, 1.82) is 0 Å². The van der Waals surface area contributed by atoms with Crippen LogP contribution in [0.3, 0.4) is 0 Å². The van der Waals surface area contributed by atoms with Gasteiger partial charge >= 0.3 is 12.1 Å². The van der Waals surface area contributed by atoms with Gasteiger partial charge in [0.15, 0.2) is 0 Å². The molecule has 0 fully saturated rings. The maximum Gasteiger partial charge on any atom is 0.327 e. The van der Waals surface area contributed by atoms with E-state index in [1.54, 1.807) is 0 Å². The van der Waals surface area contributed by atoms with Crippen LogP contribution in [0.2, 0.25) is 0 Å². The van der Waals surface area contributed by atoms with E-state index in [4.69, 9.17) is 0 Å². The van der Waals surface area contributed by atoms with Crippen molar-refractivity contribution in [3.05, 3.63) is 0 Å². The predicted molar refractivity (Wildman–Crippen MR) is 73.5 cm³/mol. The highest BCUT2D eigenvalue weighted by Gasteiger charge is 2.12. The van der Waals surface area contributed by atoms with Crippen LogP contribution < -0.4 is 21.3 Å². The van der Waals surface area contributed by atoms with Crippen molar-refractivity contribution >= 4 is 45.6 Å². The summed E-state index contributed by atoms with van der Waals surface area (Å²) >= 11 is 0.920. The average molecular weight is 338 g/mol. The number of carbonyl (C=O) groups is 2. The van der Waals surface area contributed by atoms with Crippen molar-refractivity contribution in [2.45, 2.75) is 0 Å². The van der Waals surface area contributed by atoms with Gasteiger partial charge in [0.05, 0.1) is 0 Å². The lowest BCUT2D eigenvalue weighted by atomic mass is 10.9. The summed E-state index contributed by atoms with van der Waals surface area (Å²) in [6, 6.07) is -1.30. The smallest absolute Gasteiger partial charge is 0.282 e. The first-order valence-electron chi connectivity index (χ1n) is 5.65. The zero-order valence-electron chi connectivity index (χ0n) is 10.8. The summed E-state index contributed by atoms with van der Waals surface area (Å²) in [5.41, 5.74) is 0. The fourth-order valence-corrected chi connectivity index (χ4v) is 1.85. The second-order valence-corrected chi connectivity index (χ2v) is 4.52. The molecule has 0 aliphatic carbocycles. The molecule has 3 rings (SSSR count). The predicted octanol–water partition coefficient (Wildman–Crippen LogP) is -1.15. The lowest BCUT2D eigenvalue weighted by molar-refractivity contribution is 0.261. The second kappa shape index (κ2) is 6.34. The Balaban J connectivity index is 1.51. The lowest BCUT2D eigenvalue weighted by Crippen LogP contribution is -2.20. The van der Waals surface area contributed by atoms with Gasteiger partial charge in [0.25, 0.3) is 11.9 Å². The number of tetrazole rings is 2. The van der Waals surface area contributed by atoms with Gasteiger partial charge in [-0.05, 0) is 10.4 Å². The molecule has 3 aromatic rings. The van der Waals surface area contributed by atoms with Gasteiger partial charge in [-0.25, -0.2) is 9.59 Å². The van der Waals surface area contributed by atoms with Gasteiger partial charge in [0.1, 0.15) is 0 Å². The molecule has 0 saturated carbocycles. The number of rotatable bonds is 4. The third kappa shape index (κ3) is 3.87. The fourth-order valence-electron chi connectivity index (χ4n) is 1.21. The SMILES string of the molecule is O=C(Nc1nn[nH]n1)Nc1nnc(NC(=O)Nc2nn[nH]n2)s1. The van der Waals surface area contributed by atoms with Crippen molar-refractivity contribution in [3.63, 3.8) is 0 Å². The number of hydrogen-bond acceptors (Lipinski definition) is 11. The zero-order valence-corrected chi connectivity index (χ0v) is 11.6. The second-order valence-electron chi connectivity index (χ2n) is 3.54. The molecule has 4 amide bonds. The van der Waals surface area contributed by atoms with Gasteiger partial charge in [-0.1, -0.05) is 21.5 Å². The molecule has 17 heteroatoms. The quantitative estimate of drug-likeness (QED) is 0.335. The Morgan fingerprint density at radius 1 is 0.739 bits per heavy atom. The average Bonchev–Trinajstić information content (AvgIpc) is 3.22. The summed E-state index contributed by atoms with van der Waals surface area (Å²) < 4.78 is 0. The van der Waals surface area contributed by atoms with Crippen molar-refractivity contribution in [3.8, 4) is 0 Å². The van der Waals surface area contributed by atoms with Gasteiger partial charge in [0, 0.05) is 0 Å². The molecule has 118 valence electrons. The highest BCUT2D eigenvalue weighted by atomic mass is 32.1. The third-order valence-corrected chi connectivity index (χ3v) is 2.76. The van der Waals surface area contributed by atoms with Crippen molar-refractivity contribution in [2.75, 3.05) is 21.3 Å². The van der Waals surface area contributed by atoms with Crippen LogP contribution in [-0.4, -0.2) is 63.5 Å². The van der Waals surface area contributed by atoms with Gasteiger partial charge in [0.2, 0.25) is 10.3 Å². The van der Waals surface area contributed by atoms with Crippen molar-refractivity contribution in [2.24, 2.45) is 0 Å². The molecule has 0 radical (unpaired) electrons. The standard InChI is InChI=1S/C6H6N14O2S/c21-3(7-1-11-17-18-12-1)9-5-15-16-6(23-5)10-4(22)8-2-13-19-20-14-2/h(H3,7,9,11,12,15,17,18,21)(H3,8,10,13,14,16,19,20,22). The Morgan fingerprint density at radius 3 is 1.61 bits per heavy atom. The first-order chi connectivity index (χ1) is 11.2. The van der Waals surface area contributed by atoms with E-state index in [9.17, 15) is 9.59 Å². The molecule has 0 spiro atoms. The monoisotopic (exact) mass is 338 g/mol. The largest absolute Gasteiger partial charge is 0.327 e. The molecule has 0 aliphatic rings. The number of anilines is 4. The van der Waals surface area contributed by atoms with Crippen LogP contribution in [0.1, 0.15) is 0 Å². The van der Waals surface area contributed by atoms with Crippen molar-refractivity contribution < 1.29 is 9.59 Å². The van der Waals surface area contributed by atoms with E-state index >= 15 is 0 Å². The minimum Gasteiger partial charge on any atom is -0.282 e. The van der Waals surface area contributed by atoms with Crippen LogP contribution in [0.25, 0.3) is 0 Å². The molecule has 3 heterocycles. The molecule has 23 heavy (non-hydrogen) atoms. The normalized spacial score (nSPS) is 10.1. The zero-order chi connectivity index (χ0) is 16.1. The number of nitrogens with one attached hydrogen (secondary N) is 6. The van der Waals surface area contributed by atoms with Gasteiger partial charge in [-0.2, -0.15) is 10.4 Å². The maximum atomic E-state index is 11.6. The Bertz CT molecular complexity index is 713. The topological polar surface area (TPSA) is 217 Å². The Morgan fingerprint density at radius 2 is 1.22 bits per heavy atom. The number of aromatic amines is 2. The van der Waals surface area contributed by atoms with Crippen LogP contribution in [0, 0.1) is 0 Å². The minimum absolute atomic E-state index is 0.00939.